The van der Waals surface area contributed by atoms with Gasteiger partial charge in [0.25, 0.3) is 0 Å². The van der Waals surface area contributed by atoms with Crippen LogP contribution in [0.4, 0.5) is 11.5 Å². The van der Waals surface area contributed by atoms with Crippen LogP contribution in [0.3, 0.4) is 0 Å². The fraction of sp³-hybridized carbons (Fsp3) is 0.769. The summed E-state index contributed by atoms with van der Waals surface area (Å²) in [6.45, 7) is 5.02. The van der Waals surface area contributed by atoms with Gasteiger partial charge in [-0.3, -0.25) is 9.80 Å². The molecule has 8 unspecified atom stereocenters. The van der Waals surface area contributed by atoms with Gasteiger partial charge in [-0.25, -0.2) is 10.8 Å². The Balaban J connectivity index is 1.29. The number of carbonyl (C=O) groups is 1. The number of nitrogens with two attached hydrogens (primary N) is 2. The van der Waals surface area contributed by atoms with Gasteiger partial charge in [-0.15, -0.1) is 0 Å². The molecule has 4 aliphatic rings. The van der Waals surface area contributed by atoms with Crippen LogP contribution in [-0.4, -0.2) is 17.3 Å². The summed E-state index contributed by atoms with van der Waals surface area (Å²) < 4.78 is 0. The zero-order valence-electron chi connectivity index (χ0n) is 19.6. The lowest BCUT2D eigenvalue weighted by Gasteiger charge is -2.56. The summed E-state index contributed by atoms with van der Waals surface area (Å²) in [4.78, 5) is 17.6. The minimum Gasteiger partial charge on any atom is -0.382 e. The van der Waals surface area contributed by atoms with Gasteiger partial charge in [0, 0.05) is 12.1 Å². The van der Waals surface area contributed by atoms with Crippen LogP contribution >= 0.6 is 11.6 Å². The molecule has 1 heterocycles. The van der Waals surface area contributed by atoms with Crippen molar-refractivity contribution in [2.75, 3.05) is 17.3 Å². The zero-order chi connectivity index (χ0) is 22.6. The highest BCUT2D eigenvalue weighted by molar-refractivity contribution is 6.30. The maximum Gasteiger partial charge on any atom is 0.157 e. The molecule has 1 aromatic rings. The van der Waals surface area contributed by atoms with E-state index in [1.54, 1.807) is 6.07 Å². The molecule has 176 valence electrons. The van der Waals surface area contributed by atoms with E-state index in [1.807, 2.05) is 0 Å². The summed E-state index contributed by atoms with van der Waals surface area (Å²) in [7, 11) is 0. The van der Waals surface area contributed by atoms with E-state index in [-0.39, 0.29) is 23.7 Å². The first kappa shape index (κ1) is 22.5. The summed E-state index contributed by atoms with van der Waals surface area (Å²) >= 11 is 6.07. The molecule has 0 amide bonds. The predicted octanol–water partition coefficient (Wildman–Crippen LogP) is 5.47. The van der Waals surface area contributed by atoms with Gasteiger partial charge in [-0.2, -0.15) is 0 Å². The van der Waals surface area contributed by atoms with Crippen LogP contribution in [0, 0.1) is 46.8 Å². The van der Waals surface area contributed by atoms with Crippen LogP contribution in [0.1, 0.15) is 71.6 Å². The Bertz CT molecular complexity index is 877. The number of halogens is 1. The van der Waals surface area contributed by atoms with Crippen LogP contribution in [0.25, 0.3) is 0 Å². The highest BCUT2D eigenvalue weighted by atomic mass is 35.5. The van der Waals surface area contributed by atoms with Crippen molar-refractivity contribution in [3.8, 4) is 0 Å². The number of hydrazine groups is 1. The van der Waals surface area contributed by atoms with Gasteiger partial charge in [0.2, 0.25) is 0 Å². The molecule has 0 saturated heterocycles. The Morgan fingerprint density at radius 1 is 1.16 bits per heavy atom. The van der Waals surface area contributed by atoms with Crippen molar-refractivity contribution in [1.29, 1.82) is 0 Å². The molecular formula is C26H39ClN4O. The summed E-state index contributed by atoms with van der Waals surface area (Å²) in [6, 6.07) is 1.69. The first-order valence-electron chi connectivity index (χ1n) is 12.7. The maximum absolute atomic E-state index is 13.5. The van der Waals surface area contributed by atoms with Gasteiger partial charge in [0.15, 0.2) is 5.78 Å². The molecule has 0 aromatic carbocycles. The van der Waals surface area contributed by atoms with Crippen molar-refractivity contribution in [1.82, 2.24) is 4.98 Å². The molecule has 1 aromatic heterocycles. The number of pyridine rings is 1. The van der Waals surface area contributed by atoms with E-state index in [2.05, 4.69) is 18.8 Å². The number of nitrogens with zero attached hydrogens (tertiary/aromatic N) is 2. The van der Waals surface area contributed by atoms with E-state index in [9.17, 15) is 4.79 Å². The predicted molar refractivity (Wildman–Crippen MR) is 130 cm³/mol. The minimum absolute atomic E-state index is 0.0944. The number of rotatable bonds is 4. The Hall–Kier alpha value is -1.33. The van der Waals surface area contributed by atoms with Crippen LogP contribution in [0.15, 0.2) is 12.3 Å². The van der Waals surface area contributed by atoms with E-state index >= 15 is 0 Å². The van der Waals surface area contributed by atoms with E-state index in [0.717, 1.165) is 36.0 Å². The molecule has 4 saturated carbocycles. The molecule has 6 heteroatoms. The van der Waals surface area contributed by atoms with Gasteiger partial charge in [-0.05, 0) is 98.4 Å². The molecule has 0 radical (unpaired) electrons. The smallest absolute Gasteiger partial charge is 0.157 e. The molecule has 8 atom stereocenters. The molecule has 5 nitrogen and oxygen atoms in total. The number of aromatic nitrogens is 1. The van der Waals surface area contributed by atoms with Crippen molar-refractivity contribution in [2.24, 2.45) is 52.7 Å². The largest absolute Gasteiger partial charge is 0.382 e. The van der Waals surface area contributed by atoms with Crippen molar-refractivity contribution in [2.45, 2.75) is 71.6 Å². The SMILES string of the molecule is CC1CCC2C(CCC3C2CCC2(C)C(C(=O)CN(N)c4cc(Cl)cnc4N)CCC32)C1. The summed E-state index contributed by atoms with van der Waals surface area (Å²) in [6.07, 6.45) is 13.3. The fourth-order valence-electron chi connectivity index (χ4n) is 8.65. The number of anilines is 2. The van der Waals surface area contributed by atoms with Gasteiger partial charge in [-0.1, -0.05) is 31.9 Å². The van der Waals surface area contributed by atoms with Gasteiger partial charge in [0.05, 0.1) is 17.3 Å². The molecular weight excluding hydrogens is 420 g/mol. The van der Waals surface area contributed by atoms with Gasteiger partial charge >= 0.3 is 0 Å². The summed E-state index contributed by atoms with van der Waals surface area (Å²) in [5, 5.41) is 1.91. The lowest BCUT2D eigenvalue weighted by Crippen LogP contribution is -2.50. The van der Waals surface area contributed by atoms with Gasteiger partial charge in [0.1, 0.15) is 5.82 Å². The number of carbonyl (C=O) groups excluding carboxylic acids is 1. The quantitative estimate of drug-likeness (QED) is 0.461. The van der Waals surface area contributed by atoms with Crippen molar-refractivity contribution in [3.63, 3.8) is 0 Å². The molecule has 0 aliphatic heterocycles. The molecule has 4 N–H and O–H groups in total. The highest BCUT2D eigenvalue weighted by Gasteiger charge is 2.58. The molecule has 4 aliphatic carbocycles. The Kier molecular flexibility index (Phi) is 5.94. The van der Waals surface area contributed by atoms with Crippen LogP contribution in [0.2, 0.25) is 5.02 Å². The summed E-state index contributed by atoms with van der Waals surface area (Å²) in [5.41, 5.74) is 6.63. The van der Waals surface area contributed by atoms with Gasteiger partial charge < -0.3 is 5.73 Å². The third kappa shape index (κ3) is 3.73. The van der Waals surface area contributed by atoms with Crippen LogP contribution < -0.4 is 16.6 Å². The fourth-order valence-corrected chi connectivity index (χ4v) is 8.80. The molecule has 4 fully saturated rings. The Morgan fingerprint density at radius 3 is 2.75 bits per heavy atom. The number of Topliss-reactive ketones (excluding diaryl/α,β-unsaturated/α-hetero) is 1. The zero-order valence-corrected chi connectivity index (χ0v) is 20.4. The van der Waals surface area contributed by atoms with E-state index in [0.29, 0.717) is 22.4 Å². The summed E-state index contributed by atoms with van der Waals surface area (Å²) in [5.74, 6) is 12.2. The van der Waals surface area contributed by atoms with E-state index < -0.39 is 0 Å². The molecule has 32 heavy (non-hydrogen) atoms. The first-order chi connectivity index (χ1) is 15.3. The third-order valence-electron chi connectivity index (χ3n) is 10.1. The second-order valence-corrected chi connectivity index (χ2v) is 12.1. The Labute approximate surface area is 197 Å². The minimum atomic E-state index is 0.0944. The average Bonchev–Trinajstić information content (AvgIpc) is 3.12. The monoisotopic (exact) mass is 458 g/mol. The van der Waals surface area contributed by atoms with E-state index in [4.69, 9.17) is 23.2 Å². The normalized spacial score (nSPS) is 40.8. The second kappa shape index (κ2) is 8.47. The third-order valence-corrected chi connectivity index (χ3v) is 10.3. The lowest BCUT2D eigenvalue weighted by molar-refractivity contribution is -0.129. The highest BCUT2D eigenvalue weighted by Crippen LogP contribution is 2.64. The molecule has 0 bridgehead atoms. The van der Waals surface area contributed by atoms with Crippen molar-refractivity contribution < 1.29 is 4.79 Å². The number of nitrogen functional groups attached to an aromatic ring is 1. The number of hydrogen-bond acceptors (Lipinski definition) is 5. The molecule has 0 spiro atoms. The molecule has 5 rings (SSSR count). The van der Waals surface area contributed by atoms with Crippen LogP contribution in [0.5, 0.6) is 0 Å². The number of hydrogen-bond donors (Lipinski definition) is 2. The standard InChI is InChI=1S/C26H39ClN4O/c1-15-3-5-18-16(11-15)4-6-20-19(18)9-10-26(2)21(20)7-8-22(26)24(32)14-31(29)23-12-17(27)13-30-25(23)28/h12-13,15-16,18-22H,3-11,14,29H2,1-2H3,(H2,28,30). The maximum atomic E-state index is 13.5. The van der Waals surface area contributed by atoms with E-state index in [1.165, 1.54) is 62.6 Å². The Morgan fingerprint density at radius 2 is 1.94 bits per heavy atom. The van der Waals surface area contributed by atoms with Crippen molar-refractivity contribution >= 4 is 28.9 Å². The number of fused-ring (bicyclic) bond motifs is 5. The average molecular weight is 459 g/mol. The first-order valence-corrected chi connectivity index (χ1v) is 13.1. The second-order valence-electron chi connectivity index (χ2n) is 11.7. The number of ketones is 1. The van der Waals surface area contributed by atoms with Crippen LogP contribution in [-0.2, 0) is 4.79 Å². The lowest BCUT2D eigenvalue weighted by atomic mass is 9.49. The van der Waals surface area contributed by atoms with Crippen molar-refractivity contribution in [3.05, 3.63) is 17.3 Å². The topological polar surface area (TPSA) is 85.2 Å².